The molecule has 24 heavy (non-hydrogen) atoms. The summed E-state index contributed by atoms with van der Waals surface area (Å²) in [5, 5.41) is 2.57. The van der Waals surface area contributed by atoms with Crippen molar-refractivity contribution in [2.45, 2.75) is 0 Å². The van der Waals surface area contributed by atoms with E-state index >= 15 is 0 Å². The lowest BCUT2D eigenvalue weighted by Crippen LogP contribution is -2.23. The first-order valence-electron chi connectivity index (χ1n) is 7.05. The zero-order valence-corrected chi connectivity index (χ0v) is 13.0. The number of carbonyl (C=O) groups excluding carboxylic acids is 2. The van der Waals surface area contributed by atoms with E-state index in [0.29, 0.717) is 17.2 Å². The number of halogens is 1. The summed E-state index contributed by atoms with van der Waals surface area (Å²) in [5.41, 5.74) is 0.526. The first-order valence-corrected chi connectivity index (χ1v) is 7.05. The van der Waals surface area contributed by atoms with Crippen LogP contribution >= 0.6 is 0 Å². The van der Waals surface area contributed by atoms with Crippen LogP contribution in [0.2, 0.25) is 0 Å². The molecule has 1 N–H and O–H groups in total. The predicted octanol–water partition coefficient (Wildman–Crippen LogP) is 2.40. The van der Waals surface area contributed by atoms with Crippen LogP contribution in [0.1, 0.15) is 0 Å². The number of nitrogens with one attached hydrogen (secondary N) is 1. The number of hydrogen-bond acceptors (Lipinski definition) is 5. The number of benzene rings is 2. The molecule has 0 spiro atoms. The Balaban J connectivity index is 1.72. The van der Waals surface area contributed by atoms with Gasteiger partial charge in [0.05, 0.1) is 7.11 Å². The second kappa shape index (κ2) is 8.52. The molecular weight excluding hydrogens is 317 g/mol. The molecule has 0 radical (unpaired) electrons. The van der Waals surface area contributed by atoms with Gasteiger partial charge in [0.2, 0.25) is 0 Å². The summed E-state index contributed by atoms with van der Waals surface area (Å²) in [6.07, 6.45) is 0. The van der Waals surface area contributed by atoms with Crippen LogP contribution in [0.15, 0.2) is 48.5 Å². The molecule has 0 atom stereocenters. The van der Waals surface area contributed by atoms with Crippen LogP contribution in [0, 0.1) is 5.82 Å². The number of hydrogen-bond donors (Lipinski definition) is 1. The van der Waals surface area contributed by atoms with Gasteiger partial charge in [0.1, 0.15) is 17.3 Å². The standard InChI is InChI=1S/C17H16FNO5/c1-22-15-4-2-3-13(9-15)19-16(20)10-24-17(21)11-23-14-7-5-12(18)6-8-14/h2-9H,10-11H2,1H3,(H,19,20). The van der Waals surface area contributed by atoms with Crippen molar-refractivity contribution in [3.63, 3.8) is 0 Å². The molecular formula is C17H16FNO5. The molecule has 0 heterocycles. The second-order valence-corrected chi connectivity index (χ2v) is 4.68. The molecule has 0 fully saturated rings. The summed E-state index contributed by atoms with van der Waals surface area (Å²) in [4.78, 5) is 23.2. The highest BCUT2D eigenvalue weighted by Crippen LogP contribution is 2.16. The van der Waals surface area contributed by atoms with Crippen molar-refractivity contribution in [1.29, 1.82) is 0 Å². The van der Waals surface area contributed by atoms with E-state index in [1.54, 1.807) is 24.3 Å². The van der Waals surface area contributed by atoms with Gasteiger partial charge >= 0.3 is 5.97 Å². The molecule has 0 aliphatic carbocycles. The van der Waals surface area contributed by atoms with E-state index in [1.165, 1.54) is 31.4 Å². The first kappa shape index (κ1) is 17.3. The van der Waals surface area contributed by atoms with Crippen molar-refractivity contribution in [1.82, 2.24) is 0 Å². The second-order valence-electron chi connectivity index (χ2n) is 4.68. The summed E-state index contributed by atoms with van der Waals surface area (Å²) < 4.78 is 27.7. The number of carbonyl (C=O) groups is 2. The van der Waals surface area contributed by atoms with Crippen molar-refractivity contribution in [2.75, 3.05) is 25.6 Å². The van der Waals surface area contributed by atoms with Crippen molar-refractivity contribution in [2.24, 2.45) is 0 Å². The van der Waals surface area contributed by atoms with E-state index in [9.17, 15) is 14.0 Å². The van der Waals surface area contributed by atoms with Gasteiger partial charge < -0.3 is 19.5 Å². The Morgan fingerprint density at radius 1 is 1.04 bits per heavy atom. The minimum absolute atomic E-state index is 0.328. The Kier molecular flexibility index (Phi) is 6.13. The number of methoxy groups -OCH3 is 1. The molecule has 0 aliphatic rings. The lowest BCUT2D eigenvalue weighted by Gasteiger charge is -2.08. The fraction of sp³-hybridized carbons (Fsp3) is 0.176. The molecule has 2 aromatic carbocycles. The summed E-state index contributed by atoms with van der Waals surface area (Å²) >= 11 is 0. The Hall–Kier alpha value is -3.09. The first-order chi connectivity index (χ1) is 11.6. The molecule has 0 saturated heterocycles. The Morgan fingerprint density at radius 2 is 1.79 bits per heavy atom. The number of anilines is 1. The predicted molar refractivity (Wildman–Crippen MR) is 84.5 cm³/mol. The highest BCUT2D eigenvalue weighted by molar-refractivity contribution is 5.93. The summed E-state index contributed by atoms with van der Waals surface area (Å²) in [6.45, 7) is -0.819. The van der Waals surface area contributed by atoms with Gasteiger partial charge in [0.25, 0.3) is 5.91 Å². The smallest absolute Gasteiger partial charge is 0.344 e. The highest BCUT2D eigenvalue weighted by Gasteiger charge is 2.09. The minimum atomic E-state index is -0.708. The van der Waals surface area contributed by atoms with Crippen LogP contribution < -0.4 is 14.8 Å². The third-order valence-corrected chi connectivity index (χ3v) is 2.89. The van der Waals surface area contributed by atoms with E-state index in [-0.39, 0.29) is 6.61 Å². The summed E-state index contributed by atoms with van der Waals surface area (Å²) in [6, 6.07) is 12.0. The highest BCUT2D eigenvalue weighted by atomic mass is 19.1. The molecule has 2 rings (SSSR count). The molecule has 7 heteroatoms. The third kappa shape index (κ3) is 5.60. The maximum atomic E-state index is 12.7. The van der Waals surface area contributed by atoms with E-state index in [0.717, 1.165) is 0 Å². The van der Waals surface area contributed by atoms with E-state index in [1.807, 2.05) is 0 Å². The van der Waals surface area contributed by atoms with E-state index in [4.69, 9.17) is 14.2 Å². The summed E-state index contributed by atoms with van der Waals surface area (Å²) in [7, 11) is 1.52. The maximum Gasteiger partial charge on any atom is 0.344 e. The Labute approximate surface area is 138 Å². The molecule has 0 bridgehead atoms. The minimum Gasteiger partial charge on any atom is -0.497 e. The zero-order chi connectivity index (χ0) is 17.4. The largest absolute Gasteiger partial charge is 0.497 e. The van der Waals surface area contributed by atoms with Gasteiger partial charge in [0.15, 0.2) is 13.2 Å². The fourth-order valence-electron chi connectivity index (χ4n) is 1.76. The normalized spacial score (nSPS) is 9.92. The average molecular weight is 333 g/mol. The van der Waals surface area contributed by atoms with Crippen molar-refractivity contribution in [3.8, 4) is 11.5 Å². The quantitative estimate of drug-likeness (QED) is 0.788. The van der Waals surface area contributed by atoms with Gasteiger partial charge in [-0.3, -0.25) is 4.79 Å². The monoisotopic (exact) mass is 333 g/mol. The fourth-order valence-corrected chi connectivity index (χ4v) is 1.76. The molecule has 2 aromatic rings. The van der Waals surface area contributed by atoms with Gasteiger partial charge in [-0.15, -0.1) is 0 Å². The molecule has 1 amide bonds. The average Bonchev–Trinajstić information content (AvgIpc) is 2.59. The van der Waals surface area contributed by atoms with Crippen LogP contribution in [0.5, 0.6) is 11.5 Å². The number of esters is 1. The van der Waals surface area contributed by atoms with Gasteiger partial charge in [-0.05, 0) is 36.4 Å². The third-order valence-electron chi connectivity index (χ3n) is 2.89. The van der Waals surface area contributed by atoms with Gasteiger partial charge in [0, 0.05) is 11.8 Å². The maximum absolute atomic E-state index is 12.7. The topological polar surface area (TPSA) is 73.9 Å². The van der Waals surface area contributed by atoms with Crippen LogP contribution in [-0.2, 0) is 14.3 Å². The lowest BCUT2D eigenvalue weighted by atomic mass is 10.3. The van der Waals surface area contributed by atoms with E-state index in [2.05, 4.69) is 5.32 Å². The van der Waals surface area contributed by atoms with Gasteiger partial charge in [-0.1, -0.05) is 6.07 Å². The summed E-state index contributed by atoms with van der Waals surface area (Å²) in [5.74, 6) is -0.677. The van der Waals surface area contributed by atoms with Crippen molar-refractivity contribution in [3.05, 3.63) is 54.3 Å². The Morgan fingerprint density at radius 3 is 2.50 bits per heavy atom. The van der Waals surface area contributed by atoms with Crippen LogP contribution in [0.4, 0.5) is 10.1 Å². The van der Waals surface area contributed by atoms with Crippen LogP contribution in [-0.4, -0.2) is 32.2 Å². The van der Waals surface area contributed by atoms with E-state index < -0.39 is 24.3 Å². The number of ether oxygens (including phenoxy) is 3. The molecule has 0 unspecified atom stereocenters. The molecule has 0 saturated carbocycles. The van der Waals surface area contributed by atoms with Crippen LogP contribution in [0.25, 0.3) is 0 Å². The van der Waals surface area contributed by atoms with Crippen molar-refractivity contribution >= 4 is 17.6 Å². The molecule has 6 nitrogen and oxygen atoms in total. The number of rotatable bonds is 7. The lowest BCUT2D eigenvalue weighted by molar-refractivity contribution is -0.149. The number of amides is 1. The molecule has 0 aromatic heterocycles. The zero-order valence-electron chi connectivity index (χ0n) is 13.0. The van der Waals surface area contributed by atoms with Gasteiger partial charge in [-0.2, -0.15) is 0 Å². The Bertz CT molecular complexity index is 702. The SMILES string of the molecule is COc1cccc(NC(=O)COC(=O)COc2ccc(F)cc2)c1. The molecule has 126 valence electrons. The van der Waals surface area contributed by atoms with Gasteiger partial charge in [-0.25, -0.2) is 9.18 Å². The van der Waals surface area contributed by atoms with Crippen LogP contribution in [0.3, 0.4) is 0 Å². The molecule has 0 aliphatic heterocycles. The van der Waals surface area contributed by atoms with Crippen molar-refractivity contribution < 1.29 is 28.2 Å².